The molecule has 0 N–H and O–H groups in total. The molecule has 1 aromatic carbocycles. The molecule has 0 amide bonds. The lowest BCUT2D eigenvalue weighted by Gasteiger charge is -2.10. The van der Waals surface area contributed by atoms with Gasteiger partial charge in [-0.3, -0.25) is 4.57 Å². The van der Waals surface area contributed by atoms with Crippen molar-refractivity contribution in [1.29, 1.82) is 0 Å². The van der Waals surface area contributed by atoms with Crippen LogP contribution >= 0.6 is 34.8 Å². The molecule has 0 unspecified atom stereocenters. The minimum Gasteiger partial charge on any atom is -0.278 e. The maximum Gasteiger partial charge on any atom is 0.164 e. The lowest BCUT2D eigenvalue weighted by molar-refractivity contribution is 0.969. The zero-order valence-electron chi connectivity index (χ0n) is 10.6. The van der Waals surface area contributed by atoms with Crippen LogP contribution in [0.3, 0.4) is 0 Å². The Morgan fingerprint density at radius 3 is 2.80 bits per heavy atom. The van der Waals surface area contributed by atoms with E-state index in [1.165, 1.54) is 0 Å². The van der Waals surface area contributed by atoms with Gasteiger partial charge in [0.05, 0.1) is 21.6 Å². The van der Waals surface area contributed by atoms with Gasteiger partial charge in [-0.2, -0.15) is 0 Å². The van der Waals surface area contributed by atoms with E-state index >= 15 is 0 Å². The fraction of sp³-hybridized carbons (Fsp3) is 0.143. The van der Waals surface area contributed by atoms with Crippen LogP contribution in [0.25, 0.3) is 16.9 Å². The number of rotatable bonds is 2. The minimum atomic E-state index is 0.262. The van der Waals surface area contributed by atoms with Gasteiger partial charge in [0, 0.05) is 6.20 Å². The molecule has 2 heterocycles. The molecule has 102 valence electrons. The van der Waals surface area contributed by atoms with Crippen LogP contribution in [0.2, 0.25) is 10.0 Å². The fourth-order valence-corrected chi connectivity index (χ4v) is 2.68. The first kappa shape index (κ1) is 13.7. The lowest BCUT2D eigenvalue weighted by Crippen LogP contribution is -2.01. The first-order chi connectivity index (χ1) is 9.61. The number of aromatic nitrogens is 3. The summed E-state index contributed by atoms with van der Waals surface area (Å²) in [6, 6.07) is 7.41. The number of hydrogen-bond donors (Lipinski definition) is 0. The molecule has 0 spiro atoms. The molecule has 0 atom stereocenters. The normalized spacial score (nSPS) is 11.2. The third-order valence-corrected chi connectivity index (χ3v) is 4.04. The van der Waals surface area contributed by atoms with Gasteiger partial charge in [0.1, 0.15) is 11.3 Å². The number of alkyl halides is 1. The highest BCUT2D eigenvalue weighted by Gasteiger charge is 2.16. The molecule has 0 saturated carbocycles. The summed E-state index contributed by atoms with van der Waals surface area (Å²) in [7, 11) is 0. The average molecular weight is 327 g/mol. The van der Waals surface area contributed by atoms with Crippen LogP contribution in [0.4, 0.5) is 0 Å². The zero-order chi connectivity index (χ0) is 14.3. The second-order valence-corrected chi connectivity index (χ2v) is 5.48. The van der Waals surface area contributed by atoms with Crippen molar-refractivity contribution in [1.82, 2.24) is 14.5 Å². The Morgan fingerprint density at radius 1 is 1.25 bits per heavy atom. The molecule has 0 fully saturated rings. The van der Waals surface area contributed by atoms with E-state index in [1.54, 1.807) is 12.3 Å². The molecule has 0 aliphatic rings. The Hall–Kier alpha value is -1.29. The Kier molecular flexibility index (Phi) is 3.59. The van der Waals surface area contributed by atoms with E-state index in [2.05, 4.69) is 9.97 Å². The Morgan fingerprint density at radius 2 is 2.05 bits per heavy atom. The van der Waals surface area contributed by atoms with Gasteiger partial charge in [-0.25, -0.2) is 9.97 Å². The summed E-state index contributed by atoms with van der Waals surface area (Å²) in [5.41, 5.74) is 3.28. The number of halogens is 3. The number of benzene rings is 1. The molecule has 3 nitrogen and oxygen atoms in total. The fourth-order valence-electron chi connectivity index (χ4n) is 2.12. The Bertz CT molecular complexity index is 796. The van der Waals surface area contributed by atoms with Crippen LogP contribution in [0, 0.1) is 6.92 Å². The highest BCUT2D eigenvalue weighted by molar-refractivity contribution is 6.43. The Balaban J connectivity index is 2.37. The quantitative estimate of drug-likeness (QED) is 0.635. The highest BCUT2D eigenvalue weighted by Crippen LogP contribution is 2.31. The van der Waals surface area contributed by atoms with Gasteiger partial charge in [0.2, 0.25) is 0 Å². The third-order valence-electron chi connectivity index (χ3n) is 3.00. The van der Waals surface area contributed by atoms with E-state index in [4.69, 9.17) is 34.8 Å². The van der Waals surface area contributed by atoms with Crippen LogP contribution in [0.15, 0.2) is 30.5 Å². The van der Waals surface area contributed by atoms with E-state index in [0.29, 0.717) is 15.9 Å². The molecule has 0 bridgehead atoms. The molecule has 0 radical (unpaired) electrons. The van der Waals surface area contributed by atoms with Crippen molar-refractivity contribution in [2.75, 3.05) is 0 Å². The summed E-state index contributed by atoms with van der Waals surface area (Å²) in [5.74, 6) is 0.946. The van der Waals surface area contributed by atoms with Crippen molar-refractivity contribution >= 4 is 46.0 Å². The summed E-state index contributed by atoms with van der Waals surface area (Å²) in [6.45, 7) is 1.97. The zero-order valence-corrected chi connectivity index (χ0v) is 12.8. The molecule has 3 aromatic rings. The van der Waals surface area contributed by atoms with E-state index in [1.807, 2.05) is 29.7 Å². The second-order valence-electron chi connectivity index (χ2n) is 4.43. The second kappa shape index (κ2) is 5.24. The van der Waals surface area contributed by atoms with Gasteiger partial charge in [0.25, 0.3) is 0 Å². The van der Waals surface area contributed by atoms with Gasteiger partial charge in [-0.05, 0) is 30.7 Å². The molecule has 0 saturated heterocycles. The number of aryl methyl sites for hydroxylation is 1. The van der Waals surface area contributed by atoms with Crippen molar-refractivity contribution in [3.8, 4) is 5.69 Å². The average Bonchev–Trinajstić information content (AvgIpc) is 2.79. The summed E-state index contributed by atoms with van der Waals surface area (Å²) >= 11 is 18.4. The van der Waals surface area contributed by atoms with Crippen molar-refractivity contribution in [2.45, 2.75) is 12.8 Å². The van der Waals surface area contributed by atoms with Gasteiger partial charge >= 0.3 is 0 Å². The summed E-state index contributed by atoms with van der Waals surface area (Å²) in [6.07, 6.45) is 1.79. The van der Waals surface area contributed by atoms with Crippen LogP contribution in [-0.4, -0.2) is 14.5 Å². The van der Waals surface area contributed by atoms with Crippen LogP contribution in [0.5, 0.6) is 0 Å². The van der Waals surface area contributed by atoms with Crippen molar-refractivity contribution in [3.05, 3.63) is 51.9 Å². The highest BCUT2D eigenvalue weighted by atomic mass is 35.5. The number of hydrogen-bond acceptors (Lipinski definition) is 2. The maximum atomic E-state index is 6.29. The van der Waals surface area contributed by atoms with Crippen LogP contribution in [-0.2, 0) is 5.88 Å². The number of nitrogens with zero attached hydrogens (tertiary/aromatic N) is 3. The van der Waals surface area contributed by atoms with Crippen LogP contribution in [0.1, 0.15) is 11.4 Å². The first-order valence-corrected chi connectivity index (χ1v) is 7.25. The lowest BCUT2D eigenvalue weighted by atomic mass is 10.3. The summed E-state index contributed by atoms with van der Waals surface area (Å²) < 4.78 is 1.84. The van der Waals surface area contributed by atoms with Gasteiger partial charge in [0.15, 0.2) is 5.65 Å². The maximum absolute atomic E-state index is 6.29. The van der Waals surface area contributed by atoms with Gasteiger partial charge in [-0.15, -0.1) is 11.6 Å². The first-order valence-electron chi connectivity index (χ1n) is 5.96. The molecule has 20 heavy (non-hydrogen) atoms. The molecule has 0 aliphatic heterocycles. The molecular weight excluding hydrogens is 317 g/mol. The standard InChI is InChI=1S/C14H10Cl3N3/c1-8-5-10-14(18-7-8)20(12(6-15)19-10)11-4-2-3-9(16)13(11)17/h2-5,7H,6H2,1H3. The molecule has 2 aromatic heterocycles. The SMILES string of the molecule is Cc1cnc2c(c1)nc(CCl)n2-c1cccc(Cl)c1Cl. The Labute approximate surface area is 131 Å². The van der Waals surface area contributed by atoms with Gasteiger partial charge in [-0.1, -0.05) is 29.3 Å². The van der Waals surface area contributed by atoms with E-state index in [0.717, 1.165) is 22.4 Å². The van der Waals surface area contributed by atoms with Crippen molar-refractivity contribution in [2.24, 2.45) is 0 Å². The third kappa shape index (κ3) is 2.16. The largest absolute Gasteiger partial charge is 0.278 e. The summed E-state index contributed by atoms with van der Waals surface area (Å²) in [4.78, 5) is 8.94. The molecule has 3 rings (SSSR count). The van der Waals surface area contributed by atoms with Crippen molar-refractivity contribution in [3.63, 3.8) is 0 Å². The predicted octanol–water partition coefficient (Wildman–Crippen LogP) is 4.77. The number of imidazole rings is 1. The van der Waals surface area contributed by atoms with Gasteiger partial charge < -0.3 is 0 Å². The van der Waals surface area contributed by atoms with E-state index in [9.17, 15) is 0 Å². The number of fused-ring (bicyclic) bond motifs is 1. The summed E-state index contributed by atoms with van der Waals surface area (Å²) in [5, 5.41) is 0.945. The van der Waals surface area contributed by atoms with Crippen LogP contribution < -0.4 is 0 Å². The van der Waals surface area contributed by atoms with Crippen molar-refractivity contribution < 1.29 is 0 Å². The smallest absolute Gasteiger partial charge is 0.164 e. The van der Waals surface area contributed by atoms with E-state index < -0.39 is 0 Å². The monoisotopic (exact) mass is 325 g/mol. The van der Waals surface area contributed by atoms with E-state index in [-0.39, 0.29) is 5.88 Å². The predicted molar refractivity (Wildman–Crippen MR) is 83.2 cm³/mol. The molecular formula is C14H10Cl3N3. The number of pyridine rings is 1. The molecule has 0 aliphatic carbocycles. The molecule has 6 heteroatoms. The minimum absolute atomic E-state index is 0.262. The topological polar surface area (TPSA) is 30.7 Å².